The minimum atomic E-state index is -1.01. The summed E-state index contributed by atoms with van der Waals surface area (Å²) in [7, 11) is 0. The number of carboxylic acids is 1. The molecular formula is C15H12BrFO3S. The number of halogens is 2. The van der Waals surface area contributed by atoms with Crippen molar-refractivity contribution in [2.45, 2.75) is 4.90 Å². The zero-order valence-electron chi connectivity index (χ0n) is 10.9. The van der Waals surface area contributed by atoms with Crippen molar-refractivity contribution in [1.82, 2.24) is 0 Å². The van der Waals surface area contributed by atoms with E-state index in [9.17, 15) is 9.18 Å². The van der Waals surface area contributed by atoms with Gasteiger partial charge in [-0.1, -0.05) is 12.1 Å². The average Bonchev–Trinajstić information content (AvgIpc) is 2.46. The number of carboxylic acid groups (broad SMARTS) is 1. The molecule has 0 unspecified atom stereocenters. The van der Waals surface area contributed by atoms with Gasteiger partial charge in [0.2, 0.25) is 0 Å². The summed E-state index contributed by atoms with van der Waals surface area (Å²) in [5, 5.41) is 8.93. The number of hydrogen-bond donors (Lipinski definition) is 1. The fourth-order valence-electron chi connectivity index (χ4n) is 1.61. The molecule has 1 N–H and O–H groups in total. The lowest BCUT2D eigenvalue weighted by molar-refractivity contribution is 0.0696. The van der Waals surface area contributed by atoms with Crippen LogP contribution in [0.4, 0.5) is 4.39 Å². The molecule has 0 aliphatic rings. The molecular weight excluding hydrogens is 359 g/mol. The predicted octanol–water partition coefficient (Wildman–Crippen LogP) is 4.46. The molecule has 110 valence electrons. The van der Waals surface area contributed by atoms with Crippen LogP contribution in [0, 0.1) is 5.82 Å². The van der Waals surface area contributed by atoms with Gasteiger partial charge in [0, 0.05) is 10.6 Å². The van der Waals surface area contributed by atoms with E-state index in [0.717, 1.165) is 0 Å². The zero-order chi connectivity index (χ0) is 15.2. The predicted molar refractivity (Wildman–Crippen MR) is 83.7 cm³/mol. The molecule has 21 heavy (non-hydrogen) atoms. The van der Waals surface area contributed by atoms with Gasteiger partial charge in [-0.15, -0.1) is 11.8 Å². The lowest BCUT2D eigenvalue weighted by atomic mass is 10.2. The van der Waals surface area contributed by atoms with Crippen LogP contribution in [0.3, 0.4) is 0 Å². The van der Waals surface area contributed by atoms with Crippen LogP contribution in [0.5, 0.6) is 5.75 Å². The Morgan fingerprint density at radius 3 is 2.76 bits per heavy atom. The smallest absolute Gasteiger partial charge is 0.335 e. The van der Waals surface area contributed by atoms with Crippen molar-refractivity contribution in [2.75, 3.05) is 12.4 Å². The number of aromatic carboxylic acids is 1. The molecule has 0 fully saturated rings. The summed E-state index contributed by atoms with van der Waals surface area (Å²) in [5.41, 5.74) is 0.162. The van der Waals surface area contributed by atoms with E-state index in [2.05, 4.69) is 15.9 Å². The van der Waals surface area contributed by atoms with Crippen LogP contribution in [0.2, 0.25) is 0 Å². The van der Waals surface area contributed by atoms with Crippen LogP contribution in [0.15, 0.2) is 51.8 Å². The average molecular weight is 371 g/mol. The largest absolute Gasteiger partial charge is 0.492 e. The molecule has 2 aromatic rings. The van der Waals surface area contributed by atoms with E-state index in [1.54, 1.807) is 24.3 Å². The third-order valence-corrected chi connectivity index (χ3v) is 4.28. The van der Waals surface area contributed by atoms with Crippen molar-refractivity contribution in [3.63, 3.8) is 0 Å². The van der Waals surface area contributed by atoms with Crippen LogP contribution >= 0.6 is 27.7 Å². The summed E-state index contributed by atoms with van der Waals surface area (Å²) in [4.78, 5) is 11.5. The maximum atomic E-state index is 13.4. The number of ether oxygens (including phenoxy) is 1. The summed E-state index contributed by atoms with van der Waals surface area (Å²) in [5.74, 6) is -0.237. The Hall–Kier alpha value is -1.53. The molecule has 0 bridgehead atoms. The molecule has 0 heterocycles. The Bertz CT molecular complexity index is 649. The third kappa shape index (κ3) is 4.47. The van der Waals surface area contributed by atoms with E-state index >= 15 is 0 Å². The molecule has 6 heteroatoms. The van der Waals surface area contributed by atoms with E-state index in [1.807, 2.05) is 0 Å². The van der Waals surface area contributed by atoms with Crippen LogP contribution in [-0.2, 0) is 0 Å². The molecule has 2 rings (SSSR count). The third-order valence-electron chi connectivity index (χ3n) is 2.61. The van der Waals surface area contributed by atoms with Gasteiger partial charge in [0.25, 0.3) is 0 Å². The van der Waals surface area contributed by atoms with E-state index in [1.165, 1.54) is 30.0 Å². The number of rotatable bonds is 6. The maximum absolute atomic E-state index is 13.4. The first-order chi connectivity index (χ1) is 10.1. The van der Waals surface area contributed by atoms with Crippen molar-refractivity contribution in [3.05, 3.63) is 58.3 Å². The first-order valence-electron chi connectivity index (χ1n) is 6.11. The molecule has 0 aliphatic carbocycles. The lowest BCUT2D eigenvalue weighted by Crippen LogP contribution is -2.03. The number of hydrogen-bond acceptors (Lipinski definition) is 3. The molecule has 0 atom stereocenters. The topological polar surface area (TPSA) is 46.5 Å². The van der Waals surface area contributed by atoms with Crippen LogP contribution in [-0.4, -0.2) is 23.4 Å². The van der Waals surface area contributed by atoms with Crippen LogP contribution in [0.1, 0.15) is 10.4 Å². The van der Waals surface area contributed by atoms with Gasteiger partial charge in [-0.2, -0.15) is 0 Å². The Morgan fingerprint density at radius 1 is 1.29 bits per heavy atom. The van der Waals surface area contributed by atoms with Crippen LogP contribution in [0.25, 0.3) is 0 Å². The first kappa shape index (κ1) is 15.9. The van der Waals surface area contributed by atoms with E-state index in [0.29, 0.717) is 27.5 Å². The highest BCUT2D eigenvalue weighted by Crippen LogP contribution is 2.27. The second-order valence-corrected chi connectivity index (χ2v) is 6.07. The molecule has 2 aromatic carbocycles. The number of carbonyl (C=O) groups is 1. The van der Waals surface area contributed by atoms with Crippen molar-refractivity contribution < 1.29 is 19.0 Å². The molecule has 0 aromatic heterocycles. The van der Waals surface area contributed by atoms with Crippen molar-refractivity contribution >= 4 is 33.7 Å². The van der Waals surface area contributed by atoms with Gasteiger partial charge in [-0.05, 0) is 46.3 Å². The summed E-state index contributed by atoms with van der Waals surface area (Å²) in [6.45, 7) is 0.348. The standard InChI is InChI=1S/C15H12BrFO3S/c16-11-6-5-10(15(18)19)9-13(11)20-7-8-21-14-4-2-1-3-12(14)17/h1-6,9H,7-8H2,(H,18,19). The van der Waals surface area contributed by atoms with Crippen molar-refractivity contribution in [2.24, 2.45) is 0 Å². The number of thioether (sulfide) groups is 1. The zero-order valence-corrected chi connectivity index (χ0v) is 13.3. The Labute approximate surface area is 134 Å². The highest BCUT2D eigenvalue weighted by molar-refractivity contribution is 9.10. The molecule has 0 aliphatic heterocycles. The Balaban J connectivity index is 1.90. The minimum absolute atomic E-state index is 0.162. The summed E-state index contributed by atoms with van der Waals surface area (Å²) >= 11 is 4.65. The van der Waals surface area contributed by atoms with Crippen molar-refractivity contribution in [1.29, 1.82) is 0 Å². The van der Waals surface area contributed by atoms with Gasteiger partial charge < -0.3 is 9.84 Å². The molecule has 0 amide bonds. The molecule has 0 saturated carbocycles. The molecule has 0 radical (unpaired) electrons. The maximum Gasteiger partial charge on any atom is 0.335 e. The van der Waals surface area contributed by atoms with E-state index < -0.39 is 5.97 Å². The molecule has 3 nitrogen and oxygen atoms in total. The Morgan fingerprint density at radius 2 is 2.05 bits per heavy atom. The second kappa shape index (κ2) is 7.47. The summed E-state index contributed by atoms with van der Waals surface area (Å²) < 4.78 is 19.6. The normalized spacial score (nSPS) is 10.4. The highest BCUT2D eigenvalue weighted by Gasteiger charge is 2.08. The second-order valence-electron chi connectivity index (χ2n) is 4.08. The lowest BCUT2D eigenvalue weighted by Gasteiger charge is -2.09. The van der Waals surface area contributed by atoms with Gasteiger partial charge in [0.1, 0.15) is 11.6 Å². The fraction of sp³-hybridized carbons (Fsp3) is 0.133. The quantitative estimate of drug-likeness (QED) is 0.602. The molecule has 0 saturated heterocycles. The Kier molecular flexibility index (Phi) is 5.64. The van der Waals surface area contributed by atoms with E-state index in [-0.39, 0.29) is 11.4 Å². The van der Waals surface area contributed by atoms with Gasteiger partial charge >= 0.3 is 5.97 Å². The van der Waals surface area contributed by atoms with Gasteiger partial charge in [-0.3, -0.25) is 0 Å². The van der Waals surface area contributed by atoms with Gasteiger partial charge in [0.15, 0.2) is 0 Å². The summed E-state index contributed by atoms with van der Waals surface area (Å²) in [6, 6.07) is 11.1. The van der Waals surface area contributed by atoms with Crippen molar-refractivity contribution in [3.8, 4) is 5.75 Å². The highest BCUT2D eigenvalue weighted by atomic mass is 79.9. The number of benzene rings is 2. The van der Waals surface area contributed by atoms with Crippen LogP contribution < -0.4 is 4.74 Å². The first-order valence-corrected chi connectivity index (χ1v) is 7.89. The molecule has 0 spiro atoms. The fourth-order valence-corrected chi connectivity index (χ4v) is 2.74. The van der Waals surface area contributed by atoms with Gasteiger partial charge in [0.05, 0.1) is 16.6 Å². The summed E-state index contributed by atoms with van der Waals surface area (Å²) in [6.07, 6.45) is 0. The SMILES string of the molecule is O=C(O)c1ccc(Br)c(OCCSc2ccccc2F)c1. The van der Waals surface area contributed by atoms with E-state index in [4.69, 9.17) is 9.84 Å². The minimum Gasteiger partial charge on any atom is -0.492 e. The van der Waals surface area contributed by atoms with Gasteiger partial charge in [-0.25, -0.2) is 9.18 Å². The monoisotopic (exact) mass is 370 g/mol.